The van der Waals surface area contributed by atoms with Crippen molar-refractivity contribution in [2.45, 2.75) is 45.7 Å². The fourth-order valence-corrected chi connectivity index (χ4v) is 3.43. The van der Waals surface area contributed by atoms with Crippen LogP contribution in [0.4, 0.5) is 0 Å². The Kier molecular flexibility index (Phi) is 4.69. The molecule has 1 aromatic rings. The summed E-state index contributed by atoms with van der Waals surface area (Å²) in [4.78, 5) is 2.55. The summed E-state index contributed by atoms with van der Waals surface area (Å²) in [6.07, 6.45) is 2.37. The van der Waals surface area contributed by atoms with Gasteiger partial charge in [-0.3, -0.25) is 9.58 Å². The van der Waals surface area contributed by atoms with Crippen molar-refractivity contribution >= 4 is 15.9 Å². The van der Waals surface area contributed by atoms with Crippen LogP contribution in [0, 0.1) is 6.92 Å². The number of piperazine rings is 1. The monoisotopic (exact) mass is 328 g/mol. The normalized spacial score (nSPS) is 19.8. The zero-order chi connectivity index (χ0) is 14.0. The fourth-order valence-electron chi connectivity index (χ4n) is 2.96. The van der Waals surface area contributed by atoms with E-state index < -0.39 is 0 Å². The molecule has 4 nitrogen and oxygen atoms in total. The van der Waals surface area contributed by atoms with Gasteiger partial charge in [0.25, 0.3) is 0 Å². The topological polar surface area (TPSA) is 33.1 Å². The van der Waals surface area contributed by atoms with Crippen molar-refractivity contribution < 1.29 is 0 Å². The highest BCUT2D eigenvalue weighted by atomic mass is 79.9. The van der Waals surface area contributed by atoms with Gasteiger partial charge in [0.2, 0.25) is 0 Å². The predicted octanol–water partition coefficient (Wildman–Crippen LogP) is 2.46. The van der Waals surface area contributed by atoms with Crippen molar-refractivity contribution in [1.82, 2.24) is 20.0 Å². The molecule has 5 heteroatoms. The maximum absolute atomic E-state index is 4.48. The molecule has 1 aromatic heterocycles. The van der Waals surface area contributed by atoms with Crippen LogP contribution in [0.3, 0.4) is 0 Å². The summed E-state index contributed by atoms with van der Waals surface area (Å²) in [5.74, 6) is 0. The summed E-state index contributed by atoms with van der Waals surface area (Å²) in [6.45, 7) is 10.9. The first-order chi connectivity index (χ1) is 9.01. The van der Waals surface area contributed by atoms with E-state index in [1.165, 1.54) is 18.5 Å². The molecule has 1 aliphatic heterocycles. The second kappa shape index (κ2) is 5.94. The number of aromatic nitrogens is 2. The predicted molar refractivity (Wildman–Crippen MR) is 82.2 cm³/mol. The second-order valence-corrected chi connectivity index (χ2v) is 6.39. The van der Waals surface area contributed by atoms with Crippen molar-refractivity contribution in [2.75, 3.05) is 19.6 Å². The van der Waals surface area contributed by atoms with E-state index in [2.05, 4.69) is 45.1 Å². The van der Waals surface area contributed by atoms with E-state index in [1.807, 2.05) is 18.7 Å². The number of hydrogen-bond donors (Lipinski definition) is 1. The summed E-state index contributed by atoms with van der Waals surface area (Å²) >= 11 is 3.66. The SMILES string of the molecule is CCC1(CC)CN(Cc2c(Br)c(C)nn2C)CCN1. The number of nitrogens with zero attached hydrogens (tertiary/aromatic N) is 3. The van der Waals surface area contributed by atoms with Crippen LogP contribution in [-0.2, 0) is 13.6 Å². The molecule has 2 heterocycles. The van der Waals surface area contributed by atoms with Gasteiger partial charge in [0.05, 0.1) is 15.9 Å². The maximum Gasteiger partial charge on any atom is 0.0739 e. The Morgan fingerprint density at radius 1 is 1.37 bits per heavy atom. The Labute approximate surface area is 124 Å². The molecule has 0 aliphatic carbocycles. The van der Waals surface area contributed by atoms with Crippen LogP contribution < -0.4 is 5.32 Å². The first-order valence-corrected chi connectivity index (χ1v) is 7.96. The standard InChI is InChI=1S/C14H25BrN4/c1-5-14(6-2)10-19(8-7-16-14)9-12-13(15)11(3)17-18(12)4/h16H,5-10H2,1-4H3. The second-order valence-electron chi connectivity index (χ2n) is 5.59. The molecule has 1 saturated heterocycles. The first-order valence-electron chi connectivity index (χ1n) is 7.16. The first kappa shape index (κ1) is 15.0. The van der Waals surface area contributed by atoms with Crippen LogP contribution in [0.2, 0.25) is 0 Å². The number of hydrogen-bond acceptors (Lipinski definition) is 3. The molecular formula is C14H25BrN4. The Balaban J connectivity index is 2.11. The highest BCUT2D eigenvalue weighted by molar-refractivity contribution is 9.10. The third-order valence-corrected chi connectivity index (χ3v) is 5.47. The summed E-state index contributed by atoms with van der Waals surface area (Å²) < 4.78 is 3.16. The van der Waals surface area contributed by atoms with E-state index in [-0.39, 0.29) is 0 Å². The number of aryl methyl sites for hydroxylation is 2. The lowest BCUT2D eigenvalue weighted by atomic mass is 9.90. The molecule has 108 valence electrons. The molecule has 1 aliphatic rings. The summed E-state index contributed by atoms with van der Waals surface area (Å²) in [5.41, 5.74) is 2.64. The van der Waals surface area contributed by atoms with Gasteiger partial charge in [0, 0.05) is 38.8 Å². The lowest BCUT2D eigenvalue weighted by molar-refractivity contribution is 0.116. The van der Waals surface area contributed by atoms with Crippen LogP contribution in [0.5, 0.6) is 0 Å². The molecule has 0 spiro atoms. The molecule has 0 amide bonds. The van der Waals surface area contributed by atoms with Crippen molar-refractivity contribution in [1.29, 1.82) is 0 Å². The van der Waals surface area contributed by atoms with E-state index in [9.17, 15) is 0 Å². The minimum absolute atomic E-state index is 0.290. The van der Waals surface area contributed by atoms with Gasteiger partial charge in [-0.15, -0.1) is 0 Å². The van der Waals surface area contributed by atoms with E-state index in [4.69, 9.17) is 0 Å². The zero-order valence-corrected chi connectivity index (χ0v) is 14.0. The molecule has 0 radical (unpaired) electrons. The molecule has 19 heavy (non-hydrogen) atoms. The lowest BCUT2D eigenvalue weighted by Gasteiger charge is -2.43. The van der Waals surface area contributed by atoms with Crippen LogP contribution in [0.1, 0.15) is 38.1 Å². The van der Waals surface area contributed by atoms with Gasteiger partial charge in [-0.25, -0.2) is 0 Å². The molecular weight excluding hydrogens is 304 g/mol. The summed E-state index contributed by atoms with van der Waals surface area (Å²) in [7, 11) is 2.03. The summed E-state index contributed by atoms with van der Waals surface area (Å²) in [6, 6.07) is 0. The van der Waals surface area contributed by atoms with E-state index in [0.717, 1.165) is 36.3 Å². The van der Waals surface area contributed by atoms with Gasteiger partial charge in [-0.1, -0.05) is 13.8 Å². The highest BCUT2D eigenvalue weighted by Gasteiger charge is 2.32. The van der Waals surface area contributed by atoms with Gasteiger partial charge in [-0.05, 0) is 35.7 Å². The Morgan fingerprint density at radius 3 is 2.58 bits per heavy atom. The summed E-state index contributed by atoms with van der Waals surface area (Å²) in [5, 5.41) is 8.19. The maximum atomic E-state index is 4.48. The van der Waals surface area contributed by atoms with Crippen molar-refractivity contribution in [3.8, 4) is 0 Å². The molecule has 0 atom stereocenters. The van der Waals surface area contributed by atoms with Gasteiger partial charge >= 0.3 is 0 Å². The third-order valence-electron chi connectivity index (χ3n) is 4.44. The quantitative estimate of drug-likeness (QED) is 0.921. The minimum Gasteiger partial charge on any atom is -0.309 e. The van der Waals surface area contributed by atoms with Crippen molar-refractivity contribution in [3.63, 3.8) is 0 Å². The Hall–Kier alpha value is -0.390. The lowest BCUT2D eigenvalue weighted by Crippen LogP contribution is -2.59. The van der Waals surface area contributed by atoms with Crippen LogP contribution in [0.15, 0.2) is 4.47 Å². The zero-order valence-electron chi connectivity index (χ0n) is 12.5. The Morgan fingerprint density at radius 2 is 2.05 bits per heavy atom. The molecule has 1 fully saturated rings. The smallest absolute Gasteiger partial charge is 0.0739 e. The largest absolute Gasteiger partial charge is 0.309 e. The van der Waals surface area contributed by atoms with E-state index in [1.54, 1.807) is 0 Å². The molecule has 0 unspecified atom stereocenters. The molecule has 0 saturated carbocycles. The average Bonchev–Trinajstić information content (AvgIpc) is 2.65. The molecule has 0 aromatic carbocycles. The van der Waals surface area contributed by atoms with Crippen LogP contribution in [0.25, 0.3) is 0 Å². The van der Waals surface area contributed by atoms with Crippen LogP contribution in [-0.4, -0.2) is 39.9 Å². The molecule has 0 bridgehead atoms. The molecule has 2 rings (SSSR count). The van der Waals surface area contributed by atoms with Gasteiger partial charge in [-0.2, -0.15) is 5.10 Å². The number of rotatable bonds is 4. The fraction of sp³-hybridized carbons (Fsp3) is 0.786. The number of nitrogens with one attached hydrogen (secondary N) is 1. The van der Waals surface area contributed by atoms with E-state index >= 15 is 0 Å². The van der Waals surface area contributed by atoms with Crippen LogP contribution >= 0.6 is 15.9 Å². The third kappa shape index (κ3) is 3.03. The van der Waals surface area contributed by atoms with Gasteiger partial charge < -0.3 is 5.32 Å². The van der Waals surface area contributed by atoms with Gasteiger partial charge in [0.15, 0.2) is 0 Å². The van der Waals surface area contributed by atoms with Crippen molar-refractivity contribution in [3.05, 3.63) is 15.9 Å². The highest BCUT2D eigenvalue weighted by Crippen LogP contribution is 2.25. The van der Waals surface area contributed by atoms with Gasteiger partial charge in [0.1, 0.15) is 0 Å². The average molecular weight is 329 g/mol. The van der Waals surface area contributed by atoms with Crippen molar-refractivity contribution in [2.24, 2.45) is 7.05 Å². The van der Waals surface area contributed by atoms with E-state index in [0.29, 0.717) is 5.54 Å². The minimum atomic E-state index is 0.290. The molecule has 1 N–H and O–H groups in total. The number of halogens is 1. The Bertz CT molecular complexity index is 437.